The molecule has 1 saturated heterocycles. The molecular formula is C23H34FIN8. The number of rotatable bonds is 9. The van der Waals surface area contributed by atoms with Crippen LogP contribution in [0.15, 0.2) is 29.3 Å². The molecule has 33 heavy (non-hydrogen) atoms. The second-order valence-electron chi connectivity index (χ2n) is 7.88. The van der Waals surface area contributed by atoms with Gasteiger partial charge >= 0.3 is 0 Å². The van der Waals surface area contributed by atoms with Crippen LogP contribution >= 0.6 is 24.0 Å². The van der Waals surface area contributed by atoms with E-state index in [0.29, 0.717) is 36.0 Å². The van der Waals surface area contributed by atoms with Gasteiger partial charge < -0.3 is 16.4 Å². The molecule has 0 aliphatic carbocycles. The van der Waals surface area contributed by atoms with Crippen LogP contribution in [0.5, 0.6) is 0 Å². The van der Waals surface area contributed by atoms with E-state index in [4.69, 9.17) is 10.7 Å². The molecule has 10 heteroatoms. The smallest absolute Gasteiger partial charge is 0.191 e. The van der Waals surface area contributed by atoms with Gasteiger partial charge in [-0.15, -0.1) is 24.0 Å². The maximum Gasteiger partial charge on any atom is 0.191 e. The molecule has 0 amide bonds. The number of hydrogen-bond acceptors (Lipinski definition) is 5. The molecule has 8 nitrogen and oxygen atoms in total. The molecule has 1 unspecified atom stereocenters. The van der Waals surface area contributed by atoms with Crippen molar-refractivity contribution in [3.05, 3.63) is 41.3 Å². The summed E-state index contributed by atoms with van der Waals surface area (Å²) in [7, 11) is 0. The van der Waals surface area contributed by atoms with Crippen molar-refractivity contribution >= 4 is 35.8 Å². The first-order valence-corrected chi connectivity index (χ1v) is 11.4. The van der Waals surface area contributed by atoms with Crippen molar-refractivity contribution in [2.75, 3.05) is 38.5 Å². The summed E-state index contributed by atoms with van der Waals surface area (Å²) in [6.45, 7) is 8.77. The van der Waals surface area contributed by atoms with Crippen LogP contribution in [0, 0.1) is 17.1 Å². The Bertz CT molecular complexity index is 951. The topological polar surface area (TPSA) is 107 Å². The monoisotopic (exact) mass is 568 g/mol. The van der Waals surface area contributed by atoms with E-state index in [1.165, 1.54) is 29.7 Å². The largest absolute Gasteiger partial charge is 0.382 e. The van der Waals surface area contributed by atoms with E-state index in [0.717, 1.165) is 38.6 Å². The van der Waals surface area contributed by atoms with E-state index in [9.17, 15) is 9.65 Å². The Morgan fingerprint density at radius 1 is 1.30 bits per heavy atom. The second kappa shape index (κ2) is 13.3. The van der Waals surface area contributed by atoms with Crippen LogP contribution in [0.3, 0.4) is 0 Å². The lowest BCUT2D eigenvalue weighted by atomic mass is 10.1. The summed E-state index contributed by atoms with van der Waals surface area (Å²) in [5.74, 6) is 0.751. The highest BCUT2D eigenvalue weighted by Gasteiger charge is 2.22. The predicted molar refractivity (Wildman–Crippen MR) is 141 cm³/mol. The quantitative estimate of drug-likeness (QED) is 0.186. The van der Waals surface area contributed by atoms with Crippen LogP contribution in [-0.4, -0.2) is 59.4 Å². The highest BCUT2D eigenvalue weighted by Crippen LogP contribution is 2.21. The zero-order valence-electron chi connectivity index (χ0n) is 19.4. The maximum atomic E-state index is 13.2. The normalized spacial score (nSPS) is 16.3. The van der Waals surface area contributed by atoms with Crippen molar-refractivity contribution < 1.29 is 4.39 Å². The third kappa shape index (κ3) is 7.04. The van der Waals surface area contributed by atoms with E-state index >= 15 is 0 Å². The minimum atomic E-state index is -0.334. The van der Waals surface area contributed by atoms with Crippen LogP contribution in [0.2, 0.25) is 0 Å². The molecule has 0 bridgehead atoms. The third-order valence-electron chi connectivity index (χ3n) is 5.77. The van der Waals surface area contributed by atoms with Gasteiger partial charge in [0.1, 0.15) is 23.3 Å². The van der Waals surface area contributed by atoms with Gasteiger partial charge in [-0.2, -0.15) is 10.4 Å². The molecule has 0 spiro atoms. The molecule has 1 aliphatic heterocycles. The molecule has 1 aromatic heterocycles. The van der Waals surface area contributed by atoms with Gasteiger partial charge in [-0.25, -0.2) is 9.07 Å². The molecule has 1 fully saturated rings. The standard InChI is InChI=1S/C23H33FN8.HI/c1-3-27-23(29-16-19-7-6-14-31(19)4-2)28-13-5-8-21-20(15-25)22(26)32(30-21)18-11-9-17(24)10-12-18;/h9-12,19H,3-8,13-14,16,26H2,1-2H3,(H2,27,28,29);1H. The second-order valence-corrected chi connectivity index (χ2v) is 7.88. The number of benzene rings is 1. The number of aryl methyl sites for hydroxylation is 1. The zero-order valence-corrected chi connectivity index (χ0v) is 21.7. The average molecular weight is 568 g/mol. The number of nitrogens with two attached hydrogens (primary N) is 1. The van der Waals surface area contributed by atoms with Crippen LogP contribution in [0.4, 0.5) is 10.2 Å². The Balaban J connectivity index is 0.00000385. The molecule has 2 heterocycles. The first-order valence-electron chi connectivity index (χ1n) is 11.4. The van der Waals surface area contributed by atoms with Crippen molar-refractivity contribution in [1.82, 2.24) is 25.3 Å². The number of anilines is 1. The Morgan fingerprint density at radius 2 is 2.06 bits per heavy atom. The van der Waals surface area contributed by atoms with E-state index in [-0.39, 0.29) is 35.6 Å². The summed E-state index contributed by atoms with van der Waals surface area (Å²) < 4.78 is 14.7. The Labute approximate surface area is 212 Å². The van der Waals surface area contributed by atoms with E-state index < -0.39 is 0 Å². The summed E-state index contributed by atoms with van der Waals surface area (Å²) in [6.07, 6.45) is 3.81. The lowest BCUT2D eigenvalue weighted by Crippen LogP contribution is -2.39. The number of guanidine groups is 1. The fourth-order valence-electron chi connectivity index (χ4n) is 4.07. The van der Waals surface area contributed by atoms with Crippen LogP contribution in [0.1, 0.15) is 44.4 Å². The van der Waals surface area contributed by atoms with E-state index in [2.05, 4.69) is 40.5 Å². The minimum Gasteiger partial charge on any atom is -0.382 e. The molecule has 2 aromatic rings. The van der Waals surface area contributed by atoms with E-state index in [1.807, 2.05) is 0 Å². The van der Waals surface area contributed by atoms with Gasteiger partial charge in [0, 0.05) is 19.1 Å². The van der Waals surface area contributed by atoms with Crippen molar-refractivity contribution in [1.29, 1.82) is 5.26 Å². The highest BCUT2D eigenvalue weighted by molar-refractivity contribution is 14.0. The number of halogens is 2. The molecule has 1 aliphatic rings. The number of aliphatic imine (C=N–C) groups is 1. The lowest BCUT2D eigenvalue weighted by Gasteiger charge is -2.21. The summed E-state index contributed by atoms with van der Waals surface area (Å²) in [6, 6.07) is 8.55. The van der Waals surface area contributed by atoms with Crippen LogP contribution < -0.4 is 16.4 Å². The molecule has 4 N–H and O–H groups in total. The van der Waals surface area contributed by atoms with Gasteiger partial charge in [0.15, 0.2) is 5.96 Å². The van der Waals surface area contributed by atoms with Crippen LogP contribution in [-0.2, 0) is 6.42 Å². The molecule has 0 saturated carbocycles. The number of nitrogen functional groups attached to an aromatic ring is 1. The van der Waals surface area contributed by atoms with E-state index in [1.54, 1.807) is 12.1 Å². The molecule has 3 rings (SSSR count). The minimum absolute atomic E-state index is 0. The number of nitriles is 1. The third-order valence-corrected chi connectivity index (χ3v) is 5.77. The number of hydrogen-bond donors (Lipinski definition) is 3. The number of likely N-dealkylation sites (N-methyl/N-ethyl adjacent to an activating group) is 1. The molecule has 0 radical (unpaired) electrons. The Morgan fingerprint density at radius 3 is 2.73 bits per heavy atom. The van der Waals surface area contributed by atoms with Crippen LogP contribution in [0.25, 0.3) is 5.69 Å². The fraction of sp³-hybridized carbons (Fsp3) is 0.522. The Hall–Kier alpha value is -2.39. The first kappa shape index (κ1) is 26.9. The van der Waals surface area contributed by atoms with Gasteiger partial charge in [0.25, 0.3) is 0 Å². The van der Waals surface area contributed by atoms with Gasteiger partial charge in [-0.05, 0) is 70.0 Å². The van der Waals surface area contributed by atoms with Crippen molar-refractivity contribution in [2.24, 2.45) is 4.99 Å². The highest BCUT2D eigenvalue weighted by atomic mass is 127. The Kier molecular flexibility index (Phi) is 10.9. The lowest BCUT2D eigenvalue weighted by molar-refractivity contribution is 0.273. The molecule has 1 atom stereocenters. The summed E-state index contributed by atoms with van der Waals surface area (Å²) in [4.78, 5) is 7.25. The zero-order chi connectivity index (χ0) is 22.9. The van der Waals surface area contributed by atoms with Crippen molar-refractivity contribution in [3.63, 3.8) is 0 Å². The van der Waals surface area contributed by atoms with Gasteiger partial charge in [-0.3, -0.25) is 9.89 Å². The average Bonchev–Trinajstić information content (AvgIpc) is 3.38. The maximum absolute atomic E-state index is 13.2. The number of nitrogens with zero attached hydrogens (tertiary/aromatic N) is 5. The first-order chi connectivity index (χ1) is 15.6. The summed E-state index contributed by atoms with van der Waals surface area (Å²) >= 11 is 0. The molecule has 1 aromatic carbocycles. The van der Waals surface area contributed by atoms with Gasteiger partial charge in [0.2, 0.25) is 0 Å². The number of nitrogens with one attached hydrogen (secondary N) is 2. The SMILES string of the molecule is CCNC(=NCC1CCCN1CC)NCCCc1nn(-c2ccc(F)cc2)c(N)c1C#N.I. The van der Waals surface area contributed by atoms with Crippen molar-refractivity contribution in [2.45, 2.75) is 45.6 Å². The summed E-state index contributed by atoms with van der Waals surface area (Å²) in [5.41, 5.74) is 7.77. The van der Waals surface area contributed by atoms with Crippen molar-refractivity contribution in [3.8, 4) is 11.8 Å². The number of likely N-dealkylation sites (tertiary alicyclic amines) is 1. The summed E-state index contributed by atoms with van der Waals surface area (Å²) in [5, 5.41) is 20.7. The van der Waals surface area contributed by atoms with Gasteiger partial charge in [-0.1, -0.05) is 6.92 Å². The fourth-order valence-corrected chi connectivity index (χ4v) is 4.07. The number of aromatic nitrogens is 2. The molecule has 180 valence electrons. The van der Waals surface area contributed by atoms with Gasteiger partial charge in [0.05, 0.1) is 17.9 Å². The molecular weight excluding hydrogens is 534 g/mol. The predicted octanol–water partition coefficient (Wildman–Crippen LogP) is 3.06.